The maximum atomic E-state index is 11.9. The number of amides is 2. The first-order valence-corrected chi connectivity index (χ1v) is 6.94. The molecule has 2 amide bonds. The number of ether oxygens (including phenoxy) is 2. The highest BCUT2D eigenvalue weighted by molar-refractivity contribution is 5.96. The molecule has 114 valence electrons. The lowest BCUT2D eigenvalue weighted by atomic mass is 10.2. The number of nitrogens with one attached hydrogen (secondary N) is 1. The van der Waals surface area contributed by atoms with Crippen molar-refractivity contribution in [3.8, 4) is 5.75 Å². The first-order chi connectivity index (χ1) is 10.2. The van der Waals surface area contributed by atoms with Crippen LogP contribution in [0.4, 0.5) is 0 Å². The second kappa shape index (κ2) is 7.64. The Kier molecular flexibility index (Phi) is 5.57. The highest BCUT2D eigenvalue weighted by Gasteiger charge is 2.19. The van der Waals surface area contributed by atoms with Gasteiger partial charge in [-0.15, -0.1) is 0 Å². The van der Waals surface area contributed by atoms with E-state index in [0.29, 0.717) is 32.8 Å². The van der Waals surface area contributed by atoms with Gasteiger partial charge in [0.25, 0.3) is 0 Å². The molecule has 0 spiro atoms. The minimum atomic E-state index is -0.262. The van der Waals surface area contributed by atoms with Gasteiger partial charge in [-0.1, -0.05) is 12.1 Å². The van der Waals surface area contributed by atoms with Crippen LogP contribution in [0.3, 0.4) is 0 Å². The van der Waals surface area contributed by atoms with Crippen LogP contribution in [0.5, 0.6) is 5.75 Å². The van der Waals surface area contributed by atoms with Crippen LogP contribution in [0.1, 0.15) is 12.0 Å². The molecule has 6 heteroatoms. The van der Waals surface area contributed by atoms with E-state index in [1.165, 1.54) is 0 Å². The number of rotatable bonds is 5. The molecular weight excluding hydrogens is 272 g/mol. The van der Waals surface area contributed by atoms with Crippen molar-refractivity contribution in [2.45, 2.75) is 13.0 Å². The third kappa shape index (κ3) is 4.75. The summed E-state index contributed by atoms with van der Waals surface area (Å²) in [5.41, 5.74) is 0.961. The van der Waals surface area contributed by atoms with Crippen LogP contribution in [0.2, 0.25) is 0 Å². The molecular formula is C15H20N2O4. The van der Waals surface area contributed by atoms with Crippen LogP contribution in [0.25, 0.3) is 0 Å². The Morgan fingerprint density at radius 3 is 2.52 bits per heavy atom. The van der Waals surface area contributed by atoms with Gasteiger partial charge < -0.3 is 19.7 Å². The van der Waals surface area contributed by atoms with Gasteiger partial charge in [-0.3, -0.25) is 9.59 Å². The topological polar surface area (TPSA) is 67.9 Å². The molecule has 0 radical (unpaired) electrons. The lowest BCUT2D eigenvalue weighted by molar-refractivity contribution is -0.139. The zero-order chi connectivity index (χ0) is 15.1. The molecule has 0 saturated carbocycles. The Hall–Kier alpha value is -2.08. The van der Waals surface area contributed by atoms with Crippen molar-refractivity contribution >= 4 is 11.8 Å². The van der Waals surface area contributed by atoms with E-state index in [0.717, 1.165) is 11.3 Å². The Labute approximate surface area is 124 Å². The zero-order valence-electron chi connectivity index (χ0n) is 12.1. The van der Waals surface area contributed by atoms with Gasteiger partial charge in [0, 0.05) is 19.6 Å². The minimum Gasteiger partial charge on any atom is -0.497 e. The van der Waals surface area contributed by atoms with Crippen LogP contribution in [-0.2, 0) is 20.9 Å². The second-order valence-electron chi connectivity index (χ2n) is 4.79. The molecule has 1 aromatic carbocycles. The summed E-state index contributed by atoms with van der Waals surface area (Å²) in [7, 11) is 1.61. The van der Waals surface area contributed by atoms with Crippen LogP contribution >= 0.6 is 0 Å². The predicted molar refractivity (Wildman–Crippen MR) is 76.9 cm³/mol. The van der Waals surface area contributed by atoms with Crippen molar-refractivity contribution in [1.82, 2.24) is 10.2 Å². The number of hydrogen-bond acceptors (Lipinski definition) is 4. The highest BCUT2D eigenvalue weighted by atomic mass is 16.5. The third-order valence-electron chi connectivity index (χ3n) is 3.32. The molecule has 2 rings (SSSR count). The number of benzene rings is 1. The molecule has 0 aliphatic carbocycles. The van der Waals surface area contributed by atoms with Gasteiger partial charge >= 0.3 is 0 Å². The normalized spacial score (nSPS) is 14.6. The number of nitrogens with zero attached hydrogens (tertiary/aromatic N) is 1. The van der Waals surface area contributed by atoms with E-state index in [1.54, 1.807) is 12.0 Å². The first kappa shape index (κ1) is 15.3. The SMILES string of the molecule is COc1ccc(CNC(=O)CC(=O)N2CCOCC2)cc1. The third-order valence-corrected chi connectivity index (χ3v) is 3.32. The number of morpholine rings is 1. The molecule has 1 saturated heterocycles. The first-order valence-electron chi connectivity index (χ1n) is 6.94. The van der Waals surface area contributed by atoms with Gasteiger partial charge in [-0.25, -0.2) is 0 Å². The van der Waals surface area contributed by atoms with Crippen molar-refractivity contribution < 1.29 is 19.1 Å². The lowest BCUT2D eigenvalue weighted by Gasteiger charge is -2.26. The highest BCUT2D eigenvalue weighted by Crippen LogP contribution is 2.11. The Bertz CT molecular complexity index is 481. The smallest absolute Gasteiger partial charge is 0.232 e. The van der Waals surface area contributed by atoms with Gasteiger partial charge in [0.15, 0.2) is 0 Å². The van der Waals surface area contributed by atoms with Crippen molar-refractivity contribution in [3.63, 3.8) is 0 Å². The fourth-order valence-corrected chi connectivity index (χ4v) is 2.07. The van der Waals surface area contributed by atoms with E-state index in [-0.39, 0.29) is 18.2 Å². The summed E-state index contributed by atoms with van der Waals surface area (Å²) in [5.74, 6) is 0.361. The average molecular weight is 292 g/mol. The fourth-order valence-electron chi connectivity index (χ4n) is 2.07. The van der Waals surface area contributed by atoms with Crippen molar-refractivity contribution in [2.75, 3.05) is 33.4 Å². The van der Waals surface area contributed by atoms with E-state index in [4.69, 9.17) is 9.47 Å². The van der Waals surface area contributed by atoms with Crippen LogP contribution in [0, 0.1) is 0 Å². The summed E-state index contributed by atoms with van der Waals surface area (Å²) in [6.07, 6.45) is -0.115. The molecule has 0 atom stereocenters. The summed E-state index contributed by atoms with van der Waals surface area (Å²) < 4.78 is 10.2. The minimum absolute atomic E-state index is 0.115. The Morgan fingerprint density at radius 2 is 1.90 bits per heavy atom. The van der Waals surface area contributed by atoms with E-state index in [9.17, 15) is 9.59 Å². The zero-order valence-corrected chi connectivity index (χ0v) is 12.1. The molecule has 0 unspecified atom stereocenters. The molecule has 21 heavy (non-hydrogen) atoms. The van der Waals surface area contributed by atoms with Crippen molar-refractivity contribution in [3.05, 3.63) is 29.8 Å². The molecule has 0 aromatic heterocycles. The Morgan fingerprint density at radius 1 is 1.24 bits per heavy atom. The van der Waals surface area contributed by atoms with Crippen LogP contribution < -0.4 is 10.1 Å². The molecule has 1 N–H and O–H groups in total. The van der Waals surface area contributed by atoms with E-state index in [2.05, 4.69) is 5.32 Å². The molecule has 1 aliphatic rings. The van der Waals surface area contributed by atoms with Gasteiger partial charge in [-0.2, -0.15) is 0 Å². The summed E-state index contributed by atoms with van der Waals surface area (Å²) in [4.78, 5) is 25.3. The van der Waals surface area contributed by atoms with Gasteiger partial charge in [0.1, 0.15) is 12.2 Å². The van der Waals surface area contributed by atoms with Crippen molar-refractivity contribution in [2.24, 2.45) is 0 Å². The molecule has 1 fully saturated rings. The monoisotopic (exact) mass is 292 g/mol. The van der Waals surface area contributed by atoms with Gasteiger partial charge in [0.2, 0.25) is 11.8 Å². The molecule has 1 heterocycles. The number of carbonyl (C=O) groups is 2. The molecule has 0 bridgehead atoms. The summed E-state index contributed by atoms with van der Waals surface area (Å²) in [5, 5.41) is 2.75. The second-order valence-corrected chi connectivity index (χ2v) is 4.79. The van der Waals surface area contributed by atoms with Crippen molar-refractivity contribution in [1.29, 1.82) is 0 Å². The van der Waals surface area contributed by atoms with Gasteiger partial charge in [0.05, 0.1) is 20.3 Å². The summed E-state index contributed by atoms with van der Waals surface area (Å²) in [6.45, 7) is 2.60. The largest absolute Gasteiger partial charge is 0.497 e. The maximum Gasteiger partial charge on any atom is 0.232 e. The summed E-state index contributed by atoms with van der Waals surface area (Å²) >= 11 is 0. The van der Waals surface area contributed by atoms with Crippen LogP contribution in [-0.4, -0.2) is 50.1 Å². The molecule has 1 aliphatic heterocycles. The number of carbonyl (C=O) groups excluding carboxylic acids is 2. The van der Waals surface area contributed by atoms with E-state index >= 15 is 0 Å². The lowest BCUT2D eigenvalue weighted by Crippen LogP contribution is -2.42. The van der Waals surface area contributed by atoms with E-state index < -0.39 is 0 Å². The predicted octanol–water partition coefficient (Wildman–Crippen LogP) is 0.560. The summed E-state index contributed by atoms with van der Waals surface area (Å²) in [6, 6.07) is 7.42. The molecule has 6 nitrogen and oxygen atoms in total. The maximum absolute atomic E-state index is 11.9. The fraction of sp³-hybridized carbons (Fsp3) is 0.467. The molecule has 1 aromatic rings. The average Bonchev–Trinajstić information content (AvgIpc) is 2.54. The number of hydrogen-bond donors (Lipinski definition) is 1. The standard InChI is InChI=1S/C15H20N2O4/c1-20-13-4-2-12(3-5-13)11-16-14(18)10-15(19)17-6-8-21-9-7-17/h2-5H,6-11H2,1H3,(H,16,18). The van der Waals surface area contributed by atoms with E-state index in [1.807, 2.05) is 24.3 Å². The quantitative estimate of drug-likeness (QED) is 0.805. The van der Waals surface area contributed by atoms with Crippen LogP contribution in [0.15, 0.2) is 24.3 Å². The Balaban J connectivity index is 1.74. The van der Waals surface area contributed by atoms with Gasteiger partial charge in [-0.05, 0) is 17.7 Å². The number of methoxy groups -OCH3 is 1.